The van der Waals surface area contributed by atoms with Gasteiger partial charge in [-0.25, -0.2) is 9.69 Å². The number of hydrogen-bond donors (Lipinski definition) is 0. The van der Waals surface area contributed by atoms with Gasteiger partial charge < -0.3 is 9.13 Å². The maximum Gasteiger partial charge on any atom is 0.210 e. The predicted molar refractivity (Wildman–Crippen MR) is 173 cm³/mol. The van der Waals surface area contributed by atoms with Gasteiger partial charge in [-0.3, -0.25) is 0 Å². The van der Waals surface area contributed by atoms with Crippen LogP contribution in [0.5, 0.6) is 0 Å². The minimum absolute atomic E-state index is 0.585. The molecule has 0 saturated carbocycles. The summed E-state index contributed by atoms with van der Waals surface area (Å²) in [6.07, 6.45) is 0. The molecule has 0 bridgehead atoms. The normalized spacial score (nSPS) is 11.3. The van der Waals surface area contributed by atoms with Crippen LogP contribution in [0.1, 0.15) is 0 Å². The Morgan fingerprint density at radius 2 is 1.21 bits per heavy atom. The van der Waals surface area contributed by atoms with E-state index in [4.69, 9.17) is 13.1 Å². The van der Waals surface area contributed by atoms with E-state index in [2.05, 4.69) is 104 Å². The monoisotopic (exact) mass is 534 g/mol. The summed E-state index contributed by atoms with van der Waals surface area (Å²) >= 11 is 0. The van der Waals surface area contributed by atoms with Crippen LogP contribution in [0.4, 0.5) is 11.4 Å². The number of para-hydroxylation sites is 5. The number of rotatable bonds is 3. The number of nitrogens with zero attached hydrogens (tertiary/aromatic N) is 4. The molecule has 0 radical (unpaired) electrons. The molecule has 8 rings (SSSR count). The fourth-order valence-electron chi connectivity index (χ4n) is 6.35. The Labute approximate surface area is 242 Å². The maximum atomic E-state index is 7.86. The lowest BCUT2D eigenvalue weighted by Gasteiger charge is -2.13. The third-order valence-corrected chi connectivity index (χ3v) is 8.14. The molecule has 0 aliphatic rings. The topological polar surface area (TPSA) is 18.6 Å². The van der Waals surface area contributed by atoms with Crippen LogP contribution in [0.25, 0.3) is 75.8 Å². The van der Waals surface area contributed by atoms with Gasteiger partial charge in [0.25, 0.3) is 0 Å². The second-order valence-electron chi connectivity index (χ2n) is 10.4. The molecule has 0 fully saturated rings. The molecule has 0 unspecified atom stereocenters. The van der Waals surface area contributed by atoms with E-state index < -0.39 is 0 Å². The van der Waals surface area contributed by atoms with Gasteiger partial charge in [0.05, 0.1) is 40.9 Å². The lowest BCUT2D eigenvalue weighted by atomic mass is 10.00. The van der Waals surface area contributed by atoms with E-state index in [9.17, 15) is 0 Å². The summed E-state index contributed by atoms with van der Waals surface area (Å²) in [4.78, 5) is 7.53. The van der Waals surface area contributed by atoms with Crippen LogP contribution in [-0.2, 0) is 0 Å². The Morgan fingerprint density at radius 3 is 2.07 bits per heavy atom. The van der Waals surface area contributed by atoms with Gasteiger partial charge in [-0.2, -0.15) is 0 Å². The third-order valence-electron chi connectivity index (χ3n) is 8.14. The Hall–Kier alpha value is -6.10. The van der Waals surface area contributed by atoms with Gasteiger partial charge >= 0.3 is 0 Å². The van der Waals surface area contributed by atoms with Crippen LogP contribution >= 0.6 is 0 Å². The van der Waals surface area contributed by atoms with E-state index in [0.29, 0.717) is 11.4 Å². The van der Waals surface area contributed by atoms with E-state index in [1.807, 2.05) is 48.5 Å². The van der Waals surface area contributed by atoms with Crippen molar-refractivity contribution in [3.8, 4) is 22.5 Å². The molecule has 0 spiro atoms. The molecule has 42 heavy (non-hydrogen) atoms. The first-order valence-electron chi connectivity index (χ1n) is 13.8. The summed E-state index contributed by atoms with van der Waals surface area (Å²) in [5.74, 6) is 0. The molecular formula is C38H22N4. The average Bonchev–Trinajstić information content (AvgIpc) is 3.57. The Kier molecular flexibility index (Phi) is 5.22. The summed E-state index contributed by atoms with van der Waals surface area (Å²) in [6, 6.07) is 45.7. The van der Waals surface area contributed by atoms with Crippen LogP contribution in [-0.4, -0.2) is 9.13 Å². The number of fused-ring (bicyclic) bond motifs is 6. The summed E-state index contributed by atoms with van der Waals surface area (Å²) in [6.45, 7) is 15.5. The number of aromatic nitrogens is 2. The molecule has 2 heterocycles. The standard InChI is InChI=1S/C38H22N4/c1-39-26-20-22-35-32(24-26)30-21-19-25(23-37(30)42(35)36-18-9-7-16-33(36)40-2)28-14-10-15-31-29-13-6-8-17-34(29)41(38(28)31)27-11-4-3-5-12-27/h3-24H. The average molecular weight is 535 g/mol. The Morgan fingerprint density at radius 1 is 0.476 bits per heavy atom. The molecule has 0 aliphatic heterocycles. The number of hydrogen-bond acceptors (Lipinski definition) is 0. The molecule has 0 atom stereocenters. The molecule has 2 aromatic heterocycles. The van der Waals surface area contributed by atoms with Crippen molar-refractivity contribution in [1.29, 1.82) is 0 Å². The van der Waals surface area contributed by atoms with E-state index in [1.165, 1.54) is 16.3 Å². The van der Waals surface area contributed by atoms with E-state index in [0.717, 1.165) is 49.8 Å². The highest BCUT2D eigenvalue weighted by molar-refractivity contribution is 6.15. The van der Waals surface area contributed by atoms with E-state index in [1.54, 1.807) is 0 Å². The SMILES string of the molecule is [C-]#[N+]c1ccc2c(c1)c1ccc(-c3cccc4c5ccccc5n(-c5ccccc5)c34)cc1n2-c1ccccc1[N+]#[C-]. The fourth-order valence-corrected chi connectivity index (χ4v) is 6.35. The molecule has 0 aliphatic carbocycles. The summed E-state index contributed by atoms with van der Waals surface area (Å²) < 4.78 is 4.53. The van der Waals surface area contributed by atoms with Crippen molar-refractivity contribution < 1.29 is 0 Å². The summed E-state index contributed by atoms with van der Waals surface area (Å²) in [5.41, 5.74) is 9.64. The molecule has 6 aromatic carbocycles. The quantitative estimate of drug-likeness (QED) is 0.201. The third kappa shape index (κ3) is 3.40. The first kappa shape index (κ1) is 23.8. The molecule has 0 saturated heterocycles. The highest BCUT2D eigenvalue weighted by atomic mass is 15.0. The van der Waals surface area contributed by atoms with Crippen LogP contribution in [0, 0.1) is 13.1 Å². The molecule has 4 heteroatoms. The molecule has 4 nitrogen and oxygen atoms in total. The van der Waals surface area contributed by atoms with Gasteiger partial charge in [0, 0.05) is 27.4 Å². The minimum Gasteiger partial charge on any atom is -0.319 e. The van der Waals surface area contributed by atoms with Crippen molar-refractivity contribution in [2.45, 2.75) is 0 Å². The van der Waals surface area contributed by atoms with Crippen molar-refractivity contribution in [2.75, 3.05) is 0 Å². The lowest BCUT2D eigenvalue weighted by molar-refractivity contribution is 1.18. The highest BCUT2D eigenvalue weighted by Gasteiger charge is 2.19. The van der Waals surface area contributed by atoms with Gasteiger partial charge in [-0.05, 0) is 53.4 Å². The second-order valence-corrected chi connectivity index (χ2v) is 10.4. The molecule has 8 aromatic rings. The van der Waals surface area contributed by atoms with Crippen molar-refractivity contribution in [3.63, 3.8) is 0 Å². The highest BCUT2D eigenvalue weighted by Crippen LogP contribution is 2.42. The molecule has 0 N–H and O–H groups in total. The van der Waals surface area contributed by atoms with Crippen LogP contribution in [0.3, 0.4) is 0 Å². The molecular weight excluding hydrogens is 512 g/mol. The van der Waals surface area contributed by atoms with Crippen LogP contribution in [0.2, 0.25) is 0 Å². The largest absolute Gasteiger partial charge is 0.319 e. The van der Waals surface area contributed by atoms with Crippen molar-refractivity contribution in [2.24, 2.45) is 0 Å². The zero-order valence-corrected chi connectivity index (χ0v) is 22.5. The Balaban J connectivity index is 1.49. The van der Waals surface area contributed by atoms with Gasteiger partial charge in [-0.15, -0.1) is 0 Å². The van der Waals surface area contributed by atoms with Crippen molar-refractivity contribution in [1.82, 2.24) is 9.13 Å². The second kappa shape index (κ2) is 9.24. The summed E-state index contributed by atoms with van der Waals surface area (Å²) in [7, 11) is 0. The van der Waals surface area contributed by atoms with Gasteiger partial charge in [0.15, 0.2) is 5.69 Å². The zero-order valence-electron chi connectivity index (χ0n) is 22.5. The van der Waals surface area contributed by atoms with Crippen LogP contribution in [0.15, 0.2) is 133 Å². The van der Waals surface area contributed by atoms with Gasteiger partial charge in [0.1, 0.15) is 0 Å². The first-order valence-corrected chi connectivity index (χ1v) is 13.8. The molecule has 194 valence electrons. The minimum atomic E-state index is 0.585. The van der Waals surface area contributed by atoms with E-state index in [-0.39, 0.29) is 0 Å². The summed E-state index contributed by atoms with van der Waals surface area (Å²) in [5, 5.41) is 4.47. The van der Waals surface area contributed by atoms with Crippen molar-refractivity contribution in [3.05, 3.63) is 156 Å². The van der Waals surface area contributed by atoms with Crippen LogP contribution < -0.4 is 0 Å². The fraction of sp³-hybridized carbons (Fsp3) is 0. The van der Waals surface area contributed by atoms with Crippen molar-refractivity contribution >= 4 is 55.0 Å². The smallest absolute Gasteiger partial charge is 0.210 e. The Bertz CT molecular complexity index is 2430. The maximum absolute atomic E-state index is 7.86. The zero-order chi connectivity index (χ0) is 28.2. The lowest BCUT2D eigenvalue weighted by Crippen LogP contribution is -1.96. The predicted octanol–water partition coefficient (Wildman–Crippen LogP) is 10.6. The van der Waals surface area contributed by atoms with Gasteiger partial charge in [0.2, 0.25) is 5.69 Å². The van der Waals surface area contributed by atoms with E-state index >= 15 is 0 Å². The molecule has 0 amide bonds. The first-order chi connectivity index (χ1) is 20.8. The number of benzene rings is 6. The van der Waals surface area contributed by atoms with Gasteiger partial charge in [-0.1, -0.05) is 91.0 Å².